The number of benzene rings is 2. The largest absolute Gasteiger partial charge is 0.338 e. The second kappa shape index (κ2) is 6.92. The smallest absolute Gasteiger partial charge is 0.143 e. The van der Waals surface area contributed by atoms with Gasteiger partial charge in [-0.1, -0.05) is 18.2 Å². The van der Waals surface area contributed by atoms with E-state index < -0.39 is 11.6 Å². The highest BCUT2D eigenvalue weighted by Gasteiger charge is 2.20. The number of fused-ring (bicyclic) bond motifs is 1. The Morgan fingerprint density at radius 2 is 1.78 bits per heavy atom. The van der Waals surface area contributed by atoms with Crippen molar-refractivity contribution in [2.24, 2.45) is 0 Å². The lowest BCUT2D eigenvalue weighted by Crippen LogP contribution is -2.02. The SMILES string of the molecule is Cc1cccc(I)c1Nc1c(-c2ccc(F)cc2F)nc2cccc(C)n12. The topological polar surface area (TPSA) is 29.3 Å². The molecule has 0 aliphatic rings. The van der Waals surface area contributed by atoms with E-state index in [-0.39, 0.29) is 5.56 Å². The summed E-state index contributed by atoms with van der Waals surface area (Å²) in [5, 5.41) is 3.45. The van der Waals surface area contributed by atoms with Gasteiger partial charge in [-0.15, -0.1) is 0 Å². The average Bonchev–Trinajstić information content (AvgIpc) is 2.98. The lowest BCUT2D eigenvalue weighted by atomic mass is 10.1. The molecule has 136 valence electrons. The molecule has 4 rings (SSSR count). The fraction of sp³-hybridized carbons (Fsp3) is 0.0952. The maximum atomic E-state index is 14.5. The van der Waals surface area contributed by atoms with Gasteiger partial charge in [0, 0.05) is 20.9 Å². The van der Waals surface area contributed by atoms with Crippen LogP contribution in [0.3, 0.4) is 0 Å². The summed E-state index contributed by atoms with van der Waals surface area (Å²) >= 11 is 2.26. The van der Waals surface area contributed by atoms with E-state index in [1.54, 1.807) is 0 Å². The minimum Gasteiger partial charge on any atom is -0.338 e. The van der Waals surface area contributed by atoms with E-state index in [9.17, 15) is 8.78 Å². The molecule has 0 atom stereocenters. The molecule has 4 aromatic rings. The number of hydrogen-bond acceptors (Lipinski definition) is 2. The van der Waals surface area contributed by atoms with Crippen molar-refractivity contribution in [3.05, 3.63) is 81.1 Å². The van der Waals surface area contributed by atoms with Crippen LogP contribution < -0.4 is 5.32 Å². The summed E-state index contributed by atoms with van der Waals surface area (Å²) in [7, 11) is 0. The van der Waals surface area contributed by atoms with E-state index in [1.165, 1.54) is 12.1 Å². The van der Waals surface area contributed by atoms with E-state index in [2.05, 4.69) is 32.9 Å². The van der Waals surface area contributed by atoms with Crippen LogP contribution in [0, 0.1) is 29.1 Å². The zero-order valence-electron chi connectivity index (χ0n) is 14.7. The number of halogens is 3. The fourth-order valence-corrected chi connectivity index (χ4v) is 3.92. The van der Waals surface area contributed by atoms with Crippen molar-refractivity contribution >= 4 is 39.7 Å². The predicted molar refractivity (Wildman–Crippen MR) is 112 cm³/mol. The Labute approximate surface area is 169 Å². The Bertz CT molecular complexity index is 1150. The van der Waals surface area contributed by atoms with Crippen LogP contribution in [0.25, 0.3) is 16.9 Å². The Hall–Kier alpha value is -2.48. The summed E-state index contributed by atoms with van der Waals surface area (Å²) in [5.41, 5.74) is 4.36. The van der Waals surface area contributed by atoms with Gasteiger partial charge in [0.1, 0.15) is 28.8 Å². The Kier molecular flexibility index (Phi) is 4.59. The van der Waals surface area contributed by atoms with Crippen molar-refractivity contribution < 1.29 is 8.78 Å². The van der Waals surface area contributed by atoms with Gasteiger partial charge in [-0.25, -0.2) is 13.8 Å². The van der Waals surface area contributed by atoms with Crippen molar-refractivity contribution in [2.45, 2.75) is 13.8 Å². The van der Waals surface area contributed by atoms with Crippen LogP contribution in [0.1, 0.15) is 11.3 Å². The molecule has 0 aliphatic carbocycles. The highest BCUT2D eigenvalue weighted by atomic mass is 127. The van der Waals surface area contributed by atoms with Gasteiger partial charge >= 0.3 is 0 Å². The lowest BCUT2D eigenvalue weighted by Gasteiger charge is -2.14. The molecule has 2 aromatic heterocycles. The van der Waals surface area contributed by atoms with Gasteiger partial charge in [0.05, 0.1) is 5.69 Å². The first-order chi connectivity index (χ1) is 13.0. The quantitative estimate of drug-likeness (QED) is 0.356. The predicted octanol–water partition coefficient (Wildman–Crippen LogP) is 6.24. The van der Waals surface area contributed by atoms with Gasteiger partial charge in [-0.2, -0.15) is 0 Å². The molecule has 0 aliphatic heterocycles. The summed E-state index contributed by atoms with van der Waals surface area (Å²) in [4.78, 5) is 4.63. The van der Waals surface area contributed by atoms with Crippen LogP contribution in [0.4, 0.5) is 20.3 Å². The zero-order valence-corrected chi connectivity index (χ0v) is 16.9. The number of anilines is 2. The molecule has 6 heteroatoms. The Morgan fingerprint density at radius 1 is 1.00 bits per heavy atom. The number of nitrogens with zero attached hydrogens (tertiary/aromatic N) is 2. The van der Waals surface area contributed by atoms with Gasteiger partial charge in [-0.3, -0.25) is 4.40 Å². The molecular formula is C21H16F2IN3. The van der Waals surface area contributed by atoms with Crippen molar-refractivity contribution in [3.63, 3.8) is 0 Å². The first-order valence-electron chi connectivity index (χ1n) is 8.41. The minimum atomic E-state index is -0.640. The van der Waals surface area contributed by atoms with Crippen molar-refractivity contribution in [2.75, 3.05) is 5.32 Å². The number of imidazole rings is 1. The third kappa shape index (κ3) is 3.18. The molecule has 3 nitrogen and oxygen atoms in total. The average molecular weight is 475 g/mol. The van der Waals surface area contributed by atoms with E-state index in [1.807, 2.05) is 54.6 Å². The molecule has 0 bridgehead atoms. The highest BCUT2D eigenvalue weighted by molar-refractivity contribution is 14.1. The van der Waals surface area contributed by atoms with E-state index in [0.717, 1.165) is 26.6 Å². The minimum absolute atomic E-state index is 0.255. The first kappa shape index (κ1) is 17.9. The standard InChI is InChI=1S/C21H16F2IN3/c1-12-5-3-7-17(24)19(12)26-21-20(15-10-9-14(22)11-16(15)23)25-18-8-4-6-13(2)27(18)21/h3-11,26H,1-2H3. The zero-order chi connectivity index (χ0) is 19.1. The number of hydrogen-bond donors (Lipinski definition) is 1. The van der Waals surface area contributed by atoms with Crippen LogP contribution in [0.5, 0.6) is 0 Å². The van der Waals surface area contributed by atoms with Crippen LogP contribution >= 0.6 is 22.6 Å². The molecule has 0 saturated carbocycles. The third-order valence-electron chi connectivity index (χ3n) is 4.49. The maximum Gasteiger partial charge on any atom is 0.143 e. The Balaban J connectivity index is 2.00. The highest BCUT2D eigenvalue weighted by Crippen LogP contribution is 2.35. The number of nitrogens with one attached hydrogen (secondary N) is 1. The molecule has 1 N–H and O–H groups in total. The van der Waals surface area contributed by atoms with Crippen LogP contribution in [0.2, 0.25) is 0 Å². The van der Waals surface area contributed by atoms with Gasteiger partial charge in [-0.05, 0) is 72.3 Å². The van der Waals surface area contributed by atoms with E-state index in [4.69, 9.17) is 0 Å². The summed E-state index contributed by atoms with van der Waals surface area (Å²) < 4.78 is 30.9. The van der Waals surface area contributed by atoms with Crippen molar-refractivity contribution in [1.29, 1.82) is 0 Å². The summed E-state index contributed by atoms with van der Waals surface area (Å²) in [6.45, 7) is 3.98. The van der Waals surface area contributed by atoms with E-state index in [0.29, 0.717) is 17.2 Å². The second-order valence-electron chi connectivity index (χ2n) is 6.35. The monoisotopic (exact) mass is 475 g/mol. The Morgan fingerprint density at radius 3 is 2.52 bits per heavy atom. The normalized spacial score (nSPS) is 11.1. The summed E-state index contributed by atoms with van der Waals surface area (Å²) in [6.07, 6.45) is 0. The third-order valence-corrected chi connectivity index (χ3v) is 5.39. The van der Waals surface area contributed by atoms with Crippen molar-refractivity contribution in [1.82, 2.24) is 9.38 Å². The van der Waals surface area contributed by atoms with Crippen LogP contribution in [-0.2, 0) is 0 Å². The molecule has 27 heavy (non-hydrogen) atoms. The molecule has 0 unspecified atom stereocenters. The number of rotatable bonds is 3. The number of para-hydroxylation sites is 1. The lowest BCUT2D eigenvalue weighted by molar-refractivity contribution is 0.585. The van der Waals surface area contributed by atoms with Gasteiger partial charge in [0.25, 0.3) is 0 Å². The molecule has 2 heterocycles. The first-order valence-corrected chi connectivity index (χ1v) is 9.49. The molecule has 0 radical (unpaired) electrons. The summed E-state index contributed by atoms with van der Waals surface area (Å²) in [5.74, 6) is -0.599. The van der Waals surface area contributed by atoms with Gasteiger partial charge in [0.15, 0.2) is 0 Å². The van der Waals surface area contributed by atoms with Gasteiger partial charge < -0.3 is 5.32 Å². The van der Waals surface area contributed by atoms with Crippen LogP contribution in [-0.4, -0.2) is 9.38 Å². The number of pyridine rings is 1. The fourth-order valence-electron chi connectivity index (χ4n) is 3.15. The maximum absolute atomic E-state index is 14.5. The van der Waals surface area contributed by atoms with E-state index >= 15 is 0 Å². The van der Waals surface area contributed by atoms with Gasteiger partial charge in [0.2, 0.25) is 0 Å². The second-order valence-corrected chi connectivity index (χ2v) is 7.51. The number of aryl methyl sites for hydroxylation is 2. The molecule has 0 spiro atoms. The molecule has 0 saturated heterocycles. The summed E-state index contributed by atoms with van der Waals surface area (Å²) in [6, 6.07) is 15.3. The van der Waals surface area contributed by atoms with Crippen LogP contribution in [0.15, 0.2) is 54.6 Å². The number of aromatic nitrogens is 2. The van der Waals surface area contributed by atoms with Crippen molar-refractivity contribution in [3.8, 4) is 11.3 Å². The molecular weight excluding hydrogens is 459 g/mol. The molecule has 0 amide bonds. The molecule has 2 aromatic carbocycles. The molecule has 0 fully saturated rings.